The number of thiocarbonyl (C=S) groups is 1. The number of fused-ring (bicyclic) bond motifs is 1. The number of hydrogen-bond donors (Lipinski definition) is 2. The number of benzene rings is 2. The van der Waals surface area contributed by atoms with Crippen LogP contribution in [-0.4, -0.2) is 30.4 Å². The van der Waals surface area contributed by atoms with Gasteiger partial charge in [0.25, 0.3) is 0 Å². The van der Waals surface area contributed by atoms with Crippen LogP contribution in [0.3, 0.4) is 0 Å². The molecule has 1 atom stereocenters. The van der Waals surface area contributed by atoms with Crippen LogP contribution < -0.4 is 20.1 Å². The molecule has 0 fully saturated rings. The van der Waals surface area contributed by atoms with Crippen LogP contribution in [0.5, 0.6) is 11.5 Å². The molecule has 6 nitrogen and oxygen atoms in total. The Hall–Kier alpha value is -2.80. The van der Waals surface area contributed by atoms with Crippen LogP contribution in [0.15, 0.2) is 42.5 Å². The van der Waals surface area contributed by atoms with Gasteiger partial charge < -0.3 is 24.8 Å². The molecular formula is C22H26N2O4S. The number of carbonyl (C=O) groups excluding carboxylic acids is 1. The van der Waals surface area contributed by atoms with E-state index in [1.54, 1.807) is 32.2 Å². The molecule has 2 N–H and O–H groups in total. The van der Waals surface area contributed by atoms with Gasteiger partial charge in [-0.25, -0.2) is 4.79 Å². The summed E-state index contributed by atoms with van der Waals surface area (Å²) in [5, 5.41) is 6.99. The quantitative estimate of drug-likeness (QED) is 0.553. The molecule has 1 aliphatic rings. The standard InChI is InChI=1S/C22H26N2O4S/c1-5-27-20(25)14-7-6-8-15(11-14)23-21(29)24-18-13-22(2,3)28-19-10-9-16(26-4)12-17(18)19/h6-12,18H,5,13H2,1-4H3,(H2,23,24,29). The zero-order valence-corrected chi connectivity index (χ0v) is 17.9. The summed E-state index contributed by atoms with van der Waals surface area (Å²) in [5.41, 5.74) is 1.85. The van der Waals surface area contributed by atoms with Crippen molar-refractivity contribution in [3.63, 3.8) is 0 Å². The molecule has 0 amide bonds. The molecule has 0 saturated carbocycles. The minimum Gasteiger partial charge on any atom is -0.497 e. The second-order valence-electron chi connectivity index (χ2n) is 7.42. The molecule has 2 aromatic carbocycles. The fourth-order valence-corrected chi connectivity index (χ4v) is 3.61. The van der Waals surface area contributed by atoms with Gasteiger partial charge in [-0.3, -0.25) is 0 Å². The molecular weight excluding hydrogens is 388 g/mol. The maximum atomic E-state index is 11.9. The van der Waals surface area contributed by atoms with Gasteiger partial charge in [0.1, 0.15) is 17.1 Å². The topological polar surface area (TPSA) is 68.8 Å². The van der Waals surface area contributed by atoms with Crippen LogP contribution in [0.2, 0.25) is 0 Å². The van der Waals surface area contributed by atoms with Gasteiger partial charge in [-0.15, -0.1) is 0 Å². The highest BCUT2D eigenvalue weighted by molar-refractivity contribution is 7.80. The summed E-state index contributed by atoms with van der Waals surface area (Å²) in [6.07, 6.45) is 0.734. The number of anilines is 1. The van der Waals surface area contributed by atoms with Crippen molar-refractivity contribution in [1.29, 1.82) is 0 Å². The fourth-order valence-electron chi connectivity index (χ4n) is 3.35. The van der Waals surface area contributed by atoms with Gasteiger partial charge in [0.15, 0.2) is 5.11 Å². The second kappa shape index (κ2) is 8.69. The molecule has 1 heterocycles. The van der Waals surface area contributed by atoms with Gasteiger partial charge in [-0.05, 0) is 69.4 Å². The highest BCUT2D eigenvalue weighted by Crippen LogP contribution is 2.41. The van der Waals surface area contributed by atoms with Crippen LogP contribution in [0, 0.1) is 0 Å². The van der Waals surface area contributed by atoms with Crippen LogP contribution in [0.1, 0.15) is 49.2 Å². The van der Waals surface area contributed by atoms with Gasteiger partial charge in [0.05, 0.1) is 25.3 Å². The van der Waals surface area contributed by atoms with Crippen LogP contribution in [-0.2, 0) is 4.74 Å². The zero-order chi connectivity index (χ0) is 21.0. The summed E-state index contributed by atoms with van der Waals surface area (Å²) >= 11 is 5.53. The number of ether oxygens (including phenoxy) is 3. The van der Waals surface area contributed by atoms with Crippen LogP contribution >= 0.6 is 12.2 Å². The van der Waals surface area contributed by atoms with E-state index < -0.39 is 0 Å². The summed E-state index contributed by atoms with van der Waals surface area (Å²) in [5.74, 6) is 1.22. The molecule has 1 unspecified atom stereocenters. The van der Waals surface area contributed by atoms with Crippen molar-refractivity contribution in [3.8, 4) is 11.5 Å². The van der Waals surface area contributed by atoms with Gasteiger partial charge in [0, 0.05) is 17.7 Å². The highest BCUT2D eigenvalue weighted by atomic mass is 32.1. The zero-order valence-electron chi connectivity index (χ0n) is 17.1. The number of carbonyl (C=O) groups is 1. The highest BCUT2D eigenvalue weighted by Gasteiger charge is 2.34. The van der Waals surface area contributed by atoms with Crippen LogP contribution in [0.25, 0.3) is 0 Å². The van der Waals surface area contributed by atoms with Gasteiger partial charge in [-0.2, -0.15) is 0 Å². The minimum absolute atomic E-state index is 0.0444. The van der Waals surface area contributed by atoms with E-state index >= 15 is 0 Å². The van der Waals surface area contributed by atoms with Crippen LogP contribution in [0.4, 0.5) is 5.69 Å². The Kier molecular flexibility index (Phi) is 6.27. The average Bonchev–Trinajstić information content (AvgIpc) is 2.67. The Balaban J connectivity index is 1.75. The SMILES string of the molecule is CCOC(=O)c1cccc(NC(=S)NC2CC(C)(C)Oc3ccc(OC)cc32)c1. The summed E-state index contributed by atoms with van der Waals surface area (Å²) in [7, 11) is 1.64. The van der Waals surface area contributed by atoms with Crippen molar-refractivity contribution in [1.82, 2.24) is 5.32 Å². The van der Waals surface area contributed by atoms with Crippen molar-refractivity contribution in [2.75, 3.05) is 19.0 Å². The molecule has 7 heteroatoms. The minimum atomic E-state index is -0.359. The van der Waals surface area contributed by atoms with E-state index in [0.717, 1.165) is 23.5 Å². The predicted molar refractivity (Wildman–Crippen MR) is 117 cm³/mol. The lowest BCUT2D eigenvalue weighted by Crippen LogP contribution is -2.42. The molecule has 154 valence electrons. The smallest absolute Gasteiger partial charge is 0.338 e. The third kappa shape index (κ3) is 5.17. The van der Waals surface area contributed by atoms with E-state index in [1.165, 1.54) is 0 Å². The van der Waals surface area contributed by atoms with Gasteiger partial charge in [0.2, 0.25) is 0 Å². The molecule has 2 aromatic rings. The summed E-state index contributed by atoms with van der Waals surface area (Å²) < 4.78 is 16.5. The van der Waals surface area contributed by atoms with Gasteiger partial charge in [-0.1, -0.05) is 6.07 Å². The number of rotatable bonds is 5. The molecule has 0 saturated heterocycles. The van der Waals surface area contributed by atoms with E-state index in [4.69, 9.17) is 26.4 Å². The maximum Gasteiger partial charge on any atom is 0.338 e. The second-order valence-corrected chi connectivity index (χ2v) is 7.83. The van der Waals surface area contributed by atoms with E-state index in [1.807, 2.05) is 38.1 Å². The van der Waals surface area contributed by atoms with Gasteiger partial charge >= 0.3 is 5.97 Å². The number of nitrogens with one attached hydrogen (secondary N) is 2. The van der Waals surface area contributed by atoms with E-state index in [9.17, 15) is 4.79 Å². The molecule has 1 aliphatic heterocycles. The van der Waals surface area contributed by atoms with E-state index in [-0.39, 0.29) is 17.6 Å². The first-order valence-electron chi connectivity index (χ1n) is 9.53. The Morgan fingerprint density at radius 1 is 1.28 bits per heavy atom. The third-order valence-electron chi connectivity index (χ3n) is 4.61. The Labute approximate surface area is 176 Å². The first-order valence-corrected chi connectivity index (χ1v) is 9.94. The number of hydrogen-bond acceptors (Lipinski definition) is 5. The monoisotopic (exact) mass is 414 g/mol. The van der Waals surface area contributed by atoms with Crippen molar-refractivity contribution >= 4 is 29.0 Å². The van der Waals surface area contributed by atoms with Crippen molar-refractivity contribution in [3.05, 3.63) is 53.6 Å². The Morgan fingerprint density at radius 3 is 2.79 bits per heavy atom. The van der Waals surface area contributed by atoms with Crippen molar-refractivity contribution in [2.45, 2.75) is 38.8 Å². The average molecular weight is 415 g/mol. The maximum absolute atomic E-state index is 11.9. The number of esters is 1. The molecule has 29 heavy (non-hydrogen) atoms. The van der Waals surface area contributed by atoms with Crippen molar-refractivity contribution in [2.24, 2.45) is 0 Å². The molecule has 0 aromatic heterocycles. The van der Waals surface area contributed by atoms with Crippen molar-refractivity contribution < 1.29 is 19.0 Å². The number of methoxy groups -OCH3 is 1. The van der Waals surface area contributed by atoms with E-state index in [2.05, 4.69) is 10.6 Å². The summed E-state index contributed by atoms with van der Waals surface area (Å²) in [4.78, 5) is 11.9. The predicted octanol–water partition coefficient (Wildman–Crippen LogP) is 4.46. The fraction of sp³-hybridized carbons (Fsp3) is 0.364. The lowest BCUT2D eigenvalue weighted by molar-refractivity contribution is 0.0526. The first-order chi connectivity index (χ1) is 13.8. The first kappa shape index (κ1) is 20.9. The molecule has 0 aliphatic carbocycles. The Morgan fingerprint density at radius 2 is 2.07 bits per heavy atom. The Bertz CT molecular complexity index is 913. The molecule has 0 bridgehead atoms. The normalized spacial score (nSPS) is 16.8. The molecule has 3 rings (SSSR count). The largest absolute Gasteiger partial charge is 0.497 e. The molecule has 0 spiro atoms. The summed E-state index contributed by atoms with van der Waals surface area (Å²) in [6, 6.07) is 12.8. The summed E-state index contributed by atoms with van der Waals surface area (Å²) in [6.45, 7) is 6.21. The molecule has 0 radical (unpaired) electrons. The lowest BCUT2D eigenvalue weighted by atomic mass is 9.89. The van der Waals surface area contributed by atoms with E-state index in [0.29, 0.717) is 23.0 Å². The third-order valence-corrected chi connectivity index (χ3v) is 4.83. The lowest BCUT2D eigenvalue weighted by Gasteiger charge is -2.38.